The summed E-state index contributed by atoms with van der Waals surface area (Å²) in [5, 5.41) is 13.0. The molecule has 0 amide bonds. The Kier molecular flexibility index (Phi) is 5.21. The van der Waals surface area contributed by atoms with Gasteiger partial charge in [0.05, 0.1) is 31.2 Å². The molecular formula is C29H34O9. The standard InChI is InChI=1S/C29H34O9/c1-14(30)37-25-22-16-12-27(25,3)18(10-20(31)35-5)28(4,23(22)33)17-6-8-26(2)19(29(16,17)34)11-21(32)38-24(26)15-7-9-36-13-15/h7,9,11,13,16-18,22,24-25,34H,6,8,10,12H2,1-5H3. The zero-order chi connectivity index (χ0) is 27.4. The zero-order valence-electron chi connectivity index (χ0n) is 22.3. The Morgan fingerprint density at radius 1 is 1.21 bits per heavy atom. The molecule has 10 atom stereocenters. The van der Waals surface area contributed by atoms with Gasteiger partial charge in [0.1, 0.15) is 18.0 Å². The molecule has 5 aliphatic rings. The Balaban J connectivity index is 1.56. The average Bonchev–Trinajstić information content (AvgIpc) is 3.46. The molecule has 204 valence electrons. The van der Waals surface area contributed by atoms with Gasteiger partial charge in [0, 0.05) is 53.1 Å². The molecule has 4 saturated carbocycles. The summed E-state index contributed by atoms with van der Waals surface area (Å²) < 4.78 is 22.0. The van der Waals surface area contributed by atoms with Gasteiger partial charge in [-0.1, -0.05) is 20.8 Å². The van der Waals surface area contributed by atoms with Crippen molar-refractivity contribution in [2.75, 3.05) is 7.11 Å². The van der Waals surface area contributed by atoms with E-state index < -0.39 is 75.6 Å². The molecule has 9 nitrogen and oxygen atoms in total. The highest BCUT2D eigenvalue weighted by atomic mass is 16.6. The van der Waals surface area contributed by atoms with Crippen LogP contribution in [0.2, 0.25) is 0 Å². The van der Waals surface area contributed by atoms with Crippen molar-refractivity contribution in [3.63, 3.8) is 0 Å². The molecule has 9 heteroatoms. The van der Waals surface area contributed by atoms with Gasteiger partial charge in [0.25, 0.3) is 0 Å². The number of ether oxygens (including phenoxy) is 3. The number of carbonyl (C=O) groups is 4. The van der Waals surface area contributed by atoms with Crippen molar-refractivity contribution in [3.8, 4) is 0 Å². The van der Waals surface area contributed by atoms with Crippen molar-refractivity contribution < 1.29 is 42.9 Å². The predicted octanol–water partition coefficient (Wildman–Crippen LogP) is 3.31. The summed E-state index contributed by atoms with van der Waals surface area (Å²) in [5.74, 6) is -4.01. The minimum absolute atomic E-state index is 0.0327. The first-order chi connectivity index (χ1) is 17.8. The molecule has 1 aromatic heterocycles. The third-order valence-electron chi connectivity index (χ3n) is 11.1. The lowest BCUT2D eigenvalue weighted by atomic mass is 9.39. The van der Waals surface area contributed by atoms with E-state index in [0.717, 1.165) is 0 Å². The molecule has 38 heavy (non-hydrogen) atoms. The summed E-state index contributed by atoms with van der Waals surface area (Å²) in [6.45, 7) is 7.11. The second-order valence-electron chi connectivity index (χ2n) is 12.6. The van der Waals surface area contributed by atoms with E-state index >= 15 is 0 Å². The Labute approximate surface area is 220 Å². The van der Waals surface area contributed by atoms with Gasteiger partial charge < -0.3 is 23.7 Å². The number of hydrogen-bond donors (Lipinski definition) is 1. The van der Waals surface area contributed by atoms with Gasteiger partial charge >= 0.3 is 17.9 Å². The maximum atomic E-state index is 14.4. The highest BCUT2D eigenvalue weighted by molar-refractivity contribution is 5.94. The fourth-order valence-electron chi connectivity index (χ4n) is 9.61. The van der Waals surface area contributed by atoms with Crippen molar-refractivity contribution >= 4 is 23.7 Å². The number of carbonyl (C=O) groups excluding carboxylic acids is 4. The number of methoxy groups -OCH3 is 1. The molecule has 4 aliphatic carbocycles. The summed E-state index contributed by atoms with van der Waals surface area (Å²) in [4.78, 5) is 52.3. The van der Waals surface area contributed by atoms with Crippen LogP contribution in [0.5, 0.6) is 0 Å². The largest absolute Gasteiger partial charge is 0.472 e. The minimum atomic E-state index is -1.54. The fourth-order valence-corrected chi connectivity index (χ4v) is 9.61. The van der Waals surface area contributed by atoms with Gasteiger partial charge in [-0.3, -0.25) is 14.4 Å². The Hall–Kier alpha value is -2.94. The predicted molar refractivity (Wildman–Crippen MR) is 130 cm³/mol. The van der Waals surface area contributed by atoms with Crippen LogP contribution in [-0.2, 0) is 33.4 Å². The first-order valence-corrected chi connectivity index (χ1v) is 13.3. The van der Waals surface area contributed by atoms with E-state index in [9.17, 15) is 24.3 Å². The number of rotatable bonds is 4. The lowest BCUT2D eigenvalue weighted by Gasteiger charge is -2.65. The van der Waals surface area contributed by atoms with Gasteiger partial charge in [-0.15, -0.1) is 0 Å². The Morgan fingerprint density at radius 3 is 2.58 bits per heavy atom. The Morgan fingerprint density at radius 2 is 1.95 bits per heavy atom. The van der Waals surface area contributed by atoms with Crippen molar-refractivity contribution in [2.45, 2.75) is 71.2 Å². The smallest absolute Gasteiger partial charge is 0.331 e. The van der Waals surface area contributed by atoms with E-state index in [1.807, 2.05) is 20.8 Å². The average molecular weight is 527 g/mol. The van der Waals surface area contributed by atoms with Gasteiger partial charge in [0.15, 0.2) is 0 Å². The first kappa shape index (κ1) is 25.3. The topological polar surface area (TPSA) is 129 Å². The second-order valence-corrected chi connectivity index (χ2v) is 12.6. The highest BCUT2D eigenvalue weighted by Gasteiger charge is 2.82. The number of Topliss-reactive ketones (excluding diaryl/α,β-unsaturated/α-hetero) is 1. The maximum Gasteiger partial charge on any atom is 0.331 e. The second kappa shape index (κ2) is 7.81. The van der Waals surface area contributed by atoms with E-state index in [4.69, 9.17) is 18.6 Å². The Bertz CT molecular complexity index is 1260. The molecule has 0 radical (unpaired) electrons. The lowest BCUT2D eigenvalue weighted by Crippen LogP contribution is -2.72. The third-order valence-corrected chi connectivity index (χ3v) is 11.1. The monoisotopic (exact) mass is 526 g/mol. The molecule has 4 fully saturated rings. The molecule has 10 unspecified atom stereocenters. The molecule has 6 rings (SSSR count). The number of cyclic esters (lactones) is 1. The van der Waals surface area contributed by atoms with Gasteiger partial charge in [-0.2, -0.15) is 0 Å². The van der Waals surface area contributed by atoms with Crippen LogP contribution in [0.1, 0.15) is 65.0 Å². The van der Waals surface area contributed by atoms with E-state index in [1.165, 1.54) is 26.4 Å². The van der Waals surface area contributed by atoms with E-state index in [0.29, 0.717) is 30.4 Å². The minimum Gasteiger partial charge on any atom is -0.472 e. The molecular weight excluding hydrogens is 492 g/mol. The summed E-state index contributed by atoms with van der Waals surface area (Å²) in [5.41, 5.74) is -2.87. The number of ketones is 1. The number of fused-ring (bicyclic) bond motifs is 7. The lowest BCUT2D eigenvalue weighted by molar-refractivity contribution is -0.222. The quantitative estimate of drug-likeness (QED) is 0.464. The molecule has 3 bridgehead atoms. The van der Waals surface area contributed by atoms with Crippen LogP contribution in [-0.4, -0.2) is 47.6 Å². The van der Waals surface area contributed by atoms with Gasteiger partial charge in [-0.05, 0) is 36.8 Å². The summed E-state index contributed by atoms with van der Waals surface area (Å²) in [7, 11) is 1.31. The van der Waals surface area contributed by atoms with Gasteiger partial charge in [0.2, 0.25) is 0 Å². The third kappa shape index (κ3) is 2.86. The van der Waals surface area contributed by atoms with E-state index in [-0.39, 0.29) is 12.2 Å². The van der Waals surface area contributed by atoms with Gasteiger partial charge in [-0.25, -0.2) is 4.79 Å². The maximum absolute atomic E-state index is 14.4. The number of aliphatic hydroxyl groups is 1. The molecule has 0 saturated heterocycles. The molecule has 0 aromatic carbocycles. The van der Waals surface area contributed by atoms with Crippen LogP contribution >= 0.6 is 0 Å². The fraction of sp³-hybridized carbons (Fsp3) is 0.655. The van der Waals surface area contributed by atoms with Crippen molar-refractivity contribution in [1.82, 2.24) is 0 Å². The normalized spacial score (nSPS) is 46.5. The number of furan rings is 1. The van der Waals surface area contributed by atoms with E-state index in [1.54, 1.807) is 12.3 Å². The zero-order valence-corrected chi connectivity index (χ0v) is 22.3. The van der Waals surface area contributed by atoms with Crippen LogP contribution in [0.4, 0.5) is 0 Å². The van der Waals surface area contributed by atoms with Crippen LogP contribution < -0.4 is 0 Å². The molecule has 1 N–H and O–H groups in total. The first-order valence-electron chi connectivity index (χ1n) is 13.3. The summed E-state index contributed by atoms with van der Waals surface area (Å²) >= 11 is 0. The van der Waals surface area contributed by atoms with Crippen LogP contribution in [0.15, 0.2) is 34.7 Å². The molecule has 1 aromatic rings. The molecule has 0 spiro atoms. The molecule has 2 heterocycles. The number of hydrogen-bond acceptors (Lipinski definition) is 9. The van der Waals surface area contributed by atoms with Crippen molar-refractivity contribution in [1.29, 1.82) is 0 Å². The summed E-state index contributed by atoms with van der Waals surface area (Å²) in [6.07, 6.45) is 4.41. The van der Waals surface area contributed by atoms with Crippen LogP contribution in [0.25, 0.3) is 0 Å². The van der Waals surface area contributed by atoms with Crippen LogP contribution in [0, 0.1) is 39.9 Å². The number of esters is 3. The molecule has 1 aliphatic heterocycles. The SMILES string of the molecule is COC(=O)CC1C2(C)CC3C(C(=O)C1(C)C1CCC4(C)C(=CC(=O)OC4c4ccoc4)C31O)C2OC(C)=O. The summed E-state index contributed by atoms with van der Waals surface area (Å²) in [6, 6.07) is 1.76. The van der Waals surface area contributed by atoms with Crippen molar-refractivity contribution in [3.05, 3.63) is 35.8 Å². The highest BCUT2D eigenvalue weighted by Crippen LogP contribution is 2.77. The van der Waals surface area contributed by atoms with Crippen molar-refractivity contribution in [2.24, 2.45) is 39.9 Å². The van der Waals surface area contributed by atoms with Crippen LogP contribution in [0.3, 0.4) is 0 Å². The van der Waals surface area contributed by atoms with E-state index in [2.05, 4.69) is 0 Å².